The summed E-state index contributed by atoms with van der Waals surface area (Å²) in [5, 5.41) is 10.7. The monoisotopic (exact) mass is 273 g/mol. The van der Waals surface area contributed by atoms with Crippen molar-refractivity contribution in [3.8, 4) is 5.75 Å². The van der Waals surface area contributed by atoms with Crippen LogP contribution in [0.1, 0.15) is 12.8 Å². The van der Waals surface area contributed by atoms with Crippen molar-refractivity contribution >= 4 is 21.5 Å². The fourth-order valence-corrected chi connectivity index (χ4v) is 1.84. The second-order valence-corrected chi connectivity index (χ2v) is 5.74. The Morgan fingerprint density at radius 1 is 1.56 bits per heavy atom. The van der Waals surface area contributed by atoms with E-state index in [2.05, 4.69) is 9.71 Å². The number of ether oxygens (including phenoxy) is 1. The Bertz CT molecular complexity index is 582. The Labute approximate surface area is 103 Å². The van der Waals surface area contributed by atoms with Crippen LogP contribution in [0.3, 0.4) is 0 Å². The van der Waals surface area contributed by atoms with Gasteiger partial charge in [0.2, 0.25) is 15.8 Å². The minimum Gasteiger partial charge on any atom is -0.482 e. The molecule has 1 saturated carbocycles. The molecule has 1 aliphatic rings. The number of hydrogen-bond acceptors (Lipinski definition) is 6. The molecule has 1 heterocycles. The minimum absolute atomic E-state index is 0.0175. The zero-order valence-corrected chi connectivity index (χ0v) is 10.3. The van der Waals surface area contributed by atoms with Crippen molar-refractivity contribution in [3.05, 3.63) is 22.4 Å². The van der Waals surface area contributed by atoms with Crippen molar-refractivity contribution in [2.24, 2.45) is 0 Å². The SMILES string of the molecule is CS(=O)(=O)Nc1cnc([N+](=O)[O-])c(OC2CC2)c1. The molecular formula is C9H11N3O5S. The van der Waals surface area contributed by atoms with Gasteiger partial charge in [0.05, 0.1) is 18.0 Å². The smallest absolute Gasteiger partial charge is 0.406 e. The van der Waals surface area contributed by atoms with Crippen LogP contribution in [0.25, 0.3) is 0 Å². The van der Waals surface area contributed by atoms with Gasteiger partial charge < -0.3 is 14.9 Å². The Balaban J connectivity index is 2.31. The molecule has 1 aliphatic carbocycles. The molecule has 0 spiro atoms. The zero-order valence-electron chi connectivity index (χ0n) is 9.49. The number of nitro groups is 1. The maximum absolute atomic E-state index is 11.1. The molecule has 1 N–H and O–H groups in total. The number of anilines is 1. The first kappa shape index (κ1) is 12.6. The minimum atomic E-state index is -3.46. The lowest BCUT2D eigenvalue weighted by Gasteiger charge is -2.07. The fourth-order valence-electron chi connectivity index (χ4n) is 1.30. The zero-order chi connectivity index (χ0) is 13.3. The third-order valence-corrected chi connectivity index (χ3v) is 2.73. The maximum atomic E-state index is 11.1. The van der Waals surface area contributed by atoms with Crippen molar-refractivity contribution in [3.63, 3.8) is 0 Å². The quantitative estimate of drug-likeness (QED) is 0.630. The van der Waals surface area contributed by atoms with Crippen LogP contribution in [-0.2, 0) is 10.0 Å². The molecule has 1 fully saturated rings. The van der Waals surface area contributed by atoms with Crippen LogP contribution in [0, 0.1) is 10.1 Å². The van der Waals surface area contributed by atoms with Crippen LogP contribution in [0.5, 0.6) is 5.75 Å². The average molecular weight is 273 g/mol. The fraction of sp³-hybridized carbons (Fsp3) is 0.444. The van der Waals surface area contributed by atoms with Crippen LogP contribution in [0.2, 0.25) is 0 Å². The van der Waals surface area contributed by atoms with E-state index in [0.717, 1.165) is 25.3 Å². The number of hydrogen-bond donors (Lipinski definition) is 1. The van der Waals surface area contributed by atoms with E-state index in [1.807, 2.05) is 0 Å². The standard InChI is InChI=1S/C9H11N3O5S/c1-18(15,16)11-6-4-8(17-7-2-3-7)9(10-5-6)12(13)14/h4-5,7,11H,2-3H2,1H3. The van der Waals surface area contributed by atoms with Crippen molar-refractivity contribution in [2.75, 3.05) is 11.0 Å². The summed E-state index contributed by atoms with van der Waals surface area (Å²) in [6, 6.07) is 1.27. The van der Waals surface area contributed by atoms with E-state index in [1.54, 1.807) is 0 Å². The highest BCUT2D eigenvalue weighted by Gasteiger charge is 2.28. The van der Waals surface area contributed by atoms with Gasteiger partial charge in [-0.15, -0.1) is 0 Å². The van der Waals surface area contributed by atoms with Crippen LogP contribution in [0.15, 0.2) is 12.3 Å². The molecule has 0 unspecified atom stereocenters. The molecule has 0 radical (unpaired) electrons. The Morgan fingerprint density at radius 3 is 2.72 bits per heavy atom. The van der Waals surface area contributed by atoms with Crippen molar-refractivity contribution < 1.29 is 18.1 Å². The molecule has 18 heavy (non-hydrogen) atoms. The summed E-state index contributed by atoms with van der Waals surface area (Å²) in [4.78, 5) is 13.7. The van der Waals surface area contributed by atoms with Crippen LogP contribution >= 0.6 is 0 Å². The third kappa shape index (κ3) is 3.29. The highest BCUT2D eigenvalue weighted by atomic mass is 32.2. The molecule has 0 bridgehead atoms. The molecule has 1 aromatic heterocycles. The van der Waals surface area contributed by atoms with Crippen molar-refractivity contribution in [1.29, 1.82) is 0 Å². The summed E-state index contributed by atoms with van der Waals surface area (Å²) in [6.45, 7) is 0. The predicted octanol–water partition coefficient (Wildman–Crippen LogP) is 0.902. The first-order valence-electron chi connectivity index (χ1n) is 5.14. The molecule has 1 aromatic rings. The summed E-state index contributed by atoms with van der Waals surface area (Å²) in [5.74, 6) is -0.433. The van der Waals surface area contributed by atoms with E-state index in [-0.39, 0.29) is 17.5 Å². The van der Waals surface area contributed by atoms with E-state index >= 15 is 0 Å². The van der Waals surface area contributed by atoms with Gasteiger partial charge in [-0.25, -0.2) is 8.42 Å². The molecule has 8 nitrogen and oxygen atoms in total. The molecule has 0 saturated heterocycles. The lowest BCUT2D eigenvalue weighted by molar-refractivity contribution is -0.390. The molecule has 9 heteroatoms. The van der Waals surface area contributed by atoms with Gasteiger partial charge in [-0.05, 0) is 22.7 Å². The topological polar surface area (TPSA) is 111 Å². The Kier molecular flexibility index (Phi) is 3.07. The van der Waals surface area contributed by atoms with Gasteiger partial charge in [0, 0.05) is 6.07 Å². The summed E-state index contributed by atoms with van der Waals surface area (Å²) in [5.41, 5.74) is 0.138. The lowest BCUT2D eigenvalue weighted by atomic mass is 10.4. The molecule has 0 aromatic carbocycles. The molecule has 0 atom stereocenters. The number of aromatic nitrogens is 1. The van der Waals surface area contributed by atoms with Crippen molar-refractivity contribution in [2.45, 2.75) is 18.9 Å². The molecular weight excluding hydrogens is 262 g/mol. The highest BCUT2D eigenvalue weighted by Crippen LogP contribution is 2.33. The number of pyridine rings is 1. The van der Waals surface area contributed by atoms with Gasteiger partial charge in [-0.3, -0.25) is 4.72 Å². The van der Waals surface area contributed by atoms with Crippen molar-refractivity contribution in [1.82, 2.24) is 4.98 Å². The summed E-state index contributed by atoms with van der Waals surface area (Å²) >= 11 is 0. The molecule has 2 rings (SSSR count). The van der Waals surface area contributed by atoms with E-state index in [1.165, 1.54) is 6.07 Å². The third-order valence-electron chi connectivity index (χ3n) is 2.13. The number of sulfonamides is 1. The van der Waals surface area contributed by atoms with Crippen LogP contribution < -0.4 is 9.46 Å². The largest absolute Gasteiger partial charge is 0.482 e. The van der Waals surface area contributed by atoms with Gasteiger partial charge in [-0.2, -0.15) is 0 Å². The van der Waals surface area contributed by atoms with Gasteiger partial charge >= 0.3 is 5.82 Å². The van der Waals surface area contributed by atoms with Gasteiger partial charge in [0.1, 0.15) is 0 Å². The van der Waals surface area contributed by atoms with Crippen LogP contribution in [-0.4, -0.2) is 30.7 Å². The Hall–Kier alpha value is -1.90. The first-order chi connectivity index (χ1) is 8.35. The van der Waals surface area contributed by atoms with Crippen LogP contribution in [0.4, 0.5) is 11.5 Å². The van der Waals surface area contributed by atoms with Gasteiger partial charge in [0.25, 0.3) is 0 Å². The summed E-state index contributed by atoms with van der Waals surface area (Å²) in [7, 11) is -3.46. The molecule has 98 valence electrons. The van der Waals surface area contributed by atoms with E-state index in [0.29, 0.717) is 0 Å². The first-order valence-corrected chi connectivity index (χ1v) is 7.03. The average Bonchev–Trinajstić information content (AvgIpc) is 2.98. The maximum Gasteiger partial charge on any atom is 0.406 e. The van der Waals surface area contributed by atoms with E-state index in [4.69, 9.17) is 4.74 Å². The van der Waals surface area contributed by atoms with E-state index in [9.17, 15) is 18.5 Å². The molecule has 0 aliphatic heterocycles. The summed E-state index contributed by atoms with van der Waals surface area (Å²) in [6.07, 6.45) is 3.69. The highest BCUT2D eigenvalue weighted by molar-refractivity contribution is 7.92. The number of rotatable bonds is 5. The lowest BCUT2D eigenvalue weighted by Crippen LogP contribution is -2.10. The predicted molar refractivity (Wildman–Crippen MR) is 63.0 cm³/mol. The number of nitrogens with one attached hydrogen (secondary N) is 1. The number of nitrogens with zero attached hydrogens (tertiary/aromatic N) is 2. The van der Waals surface area contributed by atoms with Gasteiger partial charge in [0.15, 0.2) is 6.20 Å². The van der Waals surface area contributed by atoms with Gasteiger partial charge in [-0.1, -0.05) is 0 Å². The van der Waals surface area contributed by atoms with E-state index < -0.39 is 20.8 Å². The normalized spacial score (nSPS) is 15.2. The molecule has 0 amide bonds. The second-order valence-electron chi connectivity index (χ2n) is 3.99. The Morgan fingerprint density at radius 2 is 2.22 bits per heavy atom. The second kappa shape index (κ2) is 4.41. The summed E-state index contributed by atoms with van der Waals surface area (Å²) < 4.78 is 29.6.